The van der Waals surface area contributed by atoms with Crippen molar-refractivity contribution in [1.29, 1.82) is 0 Å². The van der Waals surface area contributed by atoms with Crippen molar-refractivity contribution >= 4 is 0 Å². The molecule has 0 saturated carbocycles. The molecule has 0 aliphatic carbocycles. The van der Waals surface area contributed by atoms with E-state index in [4.69, 9.17) is 0 Å². The number of aryl methyl sites for hydroxylation is 2. The number of halogens is 3. The molecule has 4 nitrogen and oxygen atoms in total. The summed E-state index contributed by atoms with van der Waals surface area (Å²) in [6, 6.07) is 0. The molecule has 0 atom stereocenters. The smallest absolute Gasteiger partial charge is 0.380 e. The van der Waals surface area contributed by atoms with Crippen LogP contribution in [0.15, 0.2) is 6.20 Å². The molecule has 1 aliphatic heterocycles. The summed E-state index contributed by atoms with van der Waals surface area (Å²) in [5, 5.41) is 14.0. The minimum Gasteiger partial charge on any atom is -0.380 e. The Labute approximate surface area is 116 Å². The number of likely N-dealkylation sites (tertiary alicyclic amines) is 1. The van der Waals surface area contributed by atoms with Crippen molar-refractivity contribution < 1.29 is 18.3 Å². The van der Waals surface area contributed by atoms with Gasteiger partial charge in [0.05, 0.1) is 5.69 Å². The molecule has 20 heavy (non-hydrogen) atoms. The van der Waals surface area contributed by atoms with Crippen LogP contribution in [0.4, 0.5) is 13.2 Å². The molecule has 1 saturated heterocycles. The van der Waals surface area contributed by atoms with Gasteiger partial charge in [0.25, 0.3) is 0 Å². The Morgan fingerprint density at radius 3 is 2.45 bits per heavy atom. The number of hydrogen-bond donors (Lipinski definition) is 1. The first-order valence-corrected chi connectivity index (χ1v) is 6.78. The van der Waals surface area contributed by atoms with Crippen molar-refractivity contribution in [2.75, 3.05) is 13.1 Å². The molecule has 0 radical (unpaired) electrons. The largest absolute Gasteiger partial charge is 0.417 e. The quantitative estimate of drug-likeness (QED) is 0.924. The van der Waals surface area contributed by atoms with Gasteiger partial charge in [-0.3, -0.25) is 9.58 Å². The van der Waals surface area contributed by atoms with E-state index in [0.29, 0.717) is 6.54 Å². The molecular weight excluding hydrogens is 271 g/mol. The minimum absolute atomic E-state index is 0.244. The van der Waals surface area contributed by atoms with Crippen molar-refractivity contribution in [1.82, 2.24) is 14.7 Å². The molecule has 0 spiro atoms. The molecule has 114 valence electrons. The highest BCUT2D eigenvalue weighted by molar-refractivity contribution is 5.17. The van der Waals surface area contributed by atoms with E-state index in [1.54, 1.807) is 4.68 Å². The summed E-state index contributed by atoms with van der Waals surface area (Å²) in [4.78, 5) is 1.94. The molecule has 2 heterocycles. The average Bonchev–Trinajstić information content (AvgIpc) is 2.71. The fourth-order valence-electron chi connectivity index (χ4n) is 2.62. The molecule has 0 amide bonds. The SMILES string of the molecule is CCc1nn(C)cc1CN1CCC(O)(C(F)(F)F)CC1. The van der Waals surface area contributed by atoms with Crippen molar-refractivity contribution in [2.24, 2.45) is 7.05 Å². The lowest BCUT2D eigenvalue weighted by molar-refractivity contribution is -0.272. The molecule has 1 aliphatic rings. The number of rotatable bonds is 3. The maximum Gasteiger partial charge on any atom is 0.417 e. The van der Waals surface area contributed by atoms with E-state index in [-0.39, 0.29) is 25.9 Å². The predicted molar refractivity (Wildman–Crippen MR) is 68.1 cm³/mol. The third-order valence-corrected chi connectivity index (χ3v) is 3.93. The molecule has 0 unspecified atom stereocenters. The Morgan fingerprint density at radius 2 is 1.95 bits per heavy atom. The van der Waals surface area contributed by atoms with Gasteiger partial charge >= 0.3 is 6.18 Å². The van der Waals surface area contributed by atoms with Crippen LogP contribution in [0.3, 0.4) is 0 Å². The Kier molecular flexibility index (Phi) is 4.11. The van der Waals surface area contributed by atoms with Crippen molar-refractivity contribution in [3.05, 3.63) is 17.5 Å². The lowest BCUT2D eigenvalue weighted by atomic mass is 9.90. The number of alkyl halides is 3. The van der Waals surface area contributed by atoms with Gasteiger partial charge in [0.15, 0.2) is 5.60 Å². The molecule has 1 fully saturated rings. The average molecular weight is 291 g/mol. The van der Waals surface area contributed by atoms with E-state index < -0.39 is 11.8 Å². The zero-order valence-electron chi connectivity index (χ0n) is 11.7. The number of piperidine rings is 1. The molecular formula is C13H20F3N3O. The van der Waals surface area contributed by atoms with E-state index in [1.807, 2.05) is 25.1 Å². The van der Waals surface area contributed by atoms with Gasteiger partial charge < -0.3 is 5.11 Å². The molecule has 1 aromatic rings. The minimum atomic E-state index is -4.54. The fourth-order valence-corrected chi connectivity index (χ4v) is 2.62. The first-order valence-electron chi connectivity index (χ1n) is 6.78. The molecule has 2 rings (SSSR count). The van der Waals surface area contributed by atoms with Gasteiger partial charge in [-0.2, -0.15) is 18.3 Å². The maximum atomic E-state index is 12.7. The number of aromatic nitrogens is 2. The molecule has 7 heteroatoms. The molecule has 0 bridgehead atoms. The third-order valence-electron chi connectivity index (χ3n) is 3.93. The Hall–Kier alpha value is -1.08. The highest BCUT2D eigenvalue weighted by atomic mass is 19.4. The standard InChI is InChI=1S/C13H20F3N3O/c1-3-11-10(8-18(2)17-11)9-19-6-4-12(20,5-7-19)13(14,15)16/h8,20H,3-7,9H2,1-2H3. The van der Waals surface area contributed by atoms with Crippen molar-refractivity contribution in [2.45, 2.75) is 44.5 Å². The summed E-state index contributed by atoms with van der Waals surface area (Å²) in [5.41, 5.74) is -0.497. The Balaban J connectivity index is 1.98. The maximum absolute atomic E-state index is 12.7. The lowest BCUT2D eigenvalue weighted by Gasteiger charge is -2.39. The van der Waals surface area contributed by atoms with E-state index in [0.717, 1.165) is 17.7 Å². The highest BCUT2D eigenvalue weighted by Gasteiger charge is 2.54. The van der Waals surface area contributed by atoms with Crippen LogP contribution in [0, 0.1) is 0 Å². The van der Waals surface area contributed by atoms with Crippen molar-refractivity contribution in [3.8, 4) is 0 Å². The van der Waals surface area contributed by atoms with Crippen LogP contribution >= 0.6 is 0 Å². The van der Waals surface area contributed by atoms with Crippen LogP contribution in [0.1, 0.15) is 31.0 Å². The van der Waals surface area contributed by atoms with Gasteiger partial charge in [-0.25, -0.2) is 0 Å². The normalized spacial score (nSPS) is 20.3. The number of hydrogen-bond acceptors (Lipinski definition) is 3. The van der Waals surface area contributed by atoms with Crippen LogP contribution in [0.25, 0.3) is 0 Å². The van der Waals surface area contributed by atoms with Gasteiger partial charge in [0.2, 0.25) is 0 Å². The first-order chi connectivity index (χ1) is 9.25. The summed E-state index contributed by atoms with van der Waals surface area (Å²) in [5.74, 6) is 0. The van der Waals surface area contributed by atoms with Crippen LogP contribution in [0.5, 0.6) is 0 Å². The van der Waals surface area contributed by atoms with Gasteiger partial charge in [-0.1, -0.05) is 6.92 Å². The summed E-state index contributed by atoms with van der Waals surface area (Å²) >= 11 is 0. The van der Waals surface area contributed by atoms with E-state index >= 15 is 0 Å². The second-order valence-electron chi connectivity index (χ2n) is 5.43. The molecule has 1 aromatic heterocycles. The van der Waals surface area contributed by atoms with E-state index in [2.05, 4.69) is 5.10 Å². The number of nitrogens with zero attached hydrogens (tertiary/aromatic N) is 3. The van der Waals surface area contributed by atoms with Crippen LogP contribution in [-0.2, 0) is 20.0 Å². The molecule has 1 N–H and O–H groups in total. The lowest BCUT2D eigenvalue weighted by Crippen LogP contribution is -2.53. The summed E-state index contributed by atoms with van der Waals surface area (Å²) in [6.45, 7) is 3.08. The Bertz CT molecular complexity index is 462. The fraction of sp³-hybridized carbons (Fsp3) is 0.769. The van der Waals surface area contributed by atoms with E-state index in [9.17, 15) is 18.3 Å². The summed E-state index contributed by atoms with van der Waals surface area (Å²) in [7, 11) is 1.83. The van der Waals surface area contributed by atoms with Crippen molar-refractivity contribution in [3.63, 3.8) is 0 Å². The second kappa shape index (κ2) is 5.37. The van der Waals surface area contributed by atoms with Crippen LogP contribution in [0.2, 0.25) is 0 Å². The first kappa shape index (κ1) is 15.3. The monoisotopic (exact) mass is 291 g/mol. The second-order valence-corrected chi connectivity index (χ2v) is 5.43. The van der Waals surface area contributed by atoms with E-state index in [1.165, 1.54) is 0 Å². The van der Waals surface area contributed by atoms with Gasteiger partial charge in [-0.15, -0.1) is 0 Å². The van der Waals surface area contributed by atoms with Gasteiger partial charge in [0.1, 0.15) is 0 Å². The van der Waals surface area contributed by atoms with Gasteiger partial charge in [-0.05, 0) is 19.3 Å². The van der Waals surface area contributed by atoms with Gasteiger partial charge in [0, 0.05) is 38.4 Å². The zero-order valence-corrected chi connectivity index (χ0v) is 11.7. The summed E-state index contributed by atoms with van der Waals surface area (Å²) in [6.07, 6.45) is -2.36. The van der Waals surface area contributed by atoms with Crippen LogP contribution in [-0.4, -0.2) is 44.7 Å². The zero-order chi connectivity index (χ0) is 15.0. The summed E-state index contributed by atoms with van der Waals surface area (Å²) < 4.78 is 39.9. The third kappa shape index (κ3) is 2.98. The number of aliphatic hydroxyl groups is 1. The topological polar surface area (TPSA) is 41.3 Å². The van der Waals surface area contributed by atoms with Crippen LogP contribution < -0.4 is 0 Å². The predicted octanol–water partition coefficient (Wildman–Crippen LogP) is 1.87. The molecule has 0 aromatic carbocycles. The highest BCUT2D eigenvalue weighted by Crippen LogP contribution is 2.38. The Morgan fingerprint density at radius 1 is 1.35 bits per heavy atom.